The lowest BCUT2D eigenvalue weighted by atomic mass is 10.00. The van der Waals surface area contributed by atoms with Crippen LogP contribution in [0.3, 0.4) is 0 Å². The molecule has 0 amide bonds. The van der Waals surface area contributed by atoms with E-state index in [-0.39, 0.29) is 6.42 Å². The van der Waals surface area contributed by atoms with Crippen LogP contribution in [0.1, 0.15) is 20.3 Å². The molecular formula is C6H13NO3. The molecule has 3 N–H and O–H groups in total. The first-order chi connectivity index (χ1) is 4.48. The maximum absolute atomic E-state index is 9.12. The van der Waals surface area contributed by atoms with Gasteiger partial charge in [0.2, 0.25) is 0 Å². The van der Waals surface area contributed by atoms with Gasteiger partial charge in [-0.15, -0.1) is 5.16 Å². The third-order valence-electron chi connectivity index (χ3n) is 1.23. The topological polar surface area (TPSA) is 73.0 Å². The summed E-state index contributed by atoms with van der Waals surface area (Å²) < 4.78 is 0. The molecule has 0 saturated carbocycles. The Labute approximate surface area is 59.8 Å². The van der Waals surface area contributed by atoms with Gasteiger partial charge in [0.05, 0.1) is 11.7 Å². The predicted molar refractivity (Wildman–Crippen MR) is 37.2 cm³/mol. The van der Waals surface area contributed by atoms with Crippen molar-refractivity contribution in [3.8, 4) is 0 Å². The van der Waals surface area contributed by atoms with E-state index in [1.54, 1.807) is 0 Å². The van der Waals surface area contributed by atoms with E-state index in [2.05, 4.69) is 5.16 Å². The molecule has 60 valence electrons. The molecule has 0 saturated heterocycles. The zero-order chi connectivity index (χ0) is 8.20. The molecule has 10 heavy (non-hydrogen) atoms. The van der Waals surface area contributed by atoms with Gasteiger partial charge in [-0.25, -0.2) is 0 Å². The molecule has 0 heterocycles. The van der Waals surface area contributed by atoms with Crippen molar-refractivity contribution in [3.63, 3.8) is 0 Å². The number of rotatable bonds is 3. The zero-order valence-electron chi connectivity index (χ0n) is 6.15. The van der Waals surface area contributed by atoms with Crippen LogP contribution in [0.5, 0.6) is 0 Å². The summed E-state index contributed by atoms with van der Waals surface area (Å²) in [6.07, 6.45) is 0.409. The van der Waals surface area contributed by atoms with Crippen LogP contribution >= 0.6 is 0 Å². The van der Waals surface area contributed by atoms with Crippen molar-refractivity contribution in [3.05, 3.63) is 0 Å². The van der Waals surface area contributed by atoms with E-state index in [1.807, 2.05) is 0 Å². The van der Waals surface area contributed by atoms with E-state index in [0.29, 0.717) is 0 Å². The van der Waals surface area contributed by atoms with Crippen LogP contribution in [0.15, 0.2) is 5.16 Å². The van der Waals surface area contributed by atoms with Gasteiger partial charge in [-0.05, 0) is 13.8 Å². The molecule has 0 aromatic heterocycles. The van der Waals surface area contributed by atoms with Crippen molar-refractivity contribution in [2.45, 2.75) is 32.0 Å². The van der Waals surface area contributed by atoms with Gasteiger partial charge in [-0.2, -0.15) is 0 Å². The maximum atomic E-state index is 9.12. The summed E-state index contributed by atoms with van der Waals surface area (Å²) >= 11 is 0. The van der Waals surface area contributed by atoms with E-state index in [0.717, 1.165) is 6.21 Å². The molecule has 0 fully saturated rings. The number of hydrogen-bond donors (Lipinski definition) is 3. The number of aliphatic hydroxyl groups excluding tert-OH is 1. The lowest BCUT2D eigenvalue weighted by Gasteiger charge is -2.22. The predicted octanol–water partition coefficient (Wildman–Crippen LogP) is -0.0317. The van der Waals surface area contributed by atoms with Crippen molar-refractivity contribution in [1.29, 1.82) is 0 Å². The van der Waals surface area contributed by atoms with E-state index in [1.165, 1.54) is 13.8 Å². The summed E-state index contributed by atoms with van der Waals surface area (Å²) in [5.41, 5.74) is -1.14. The molecular weight excluding hydrogens is 134 g/mol. The highest BCUT2D eigenvalue weighted by Gasteiger charge is 2.22. The first-order valence-electron chi connectivity index (χ1n) is 3.05. The third kappa shape index (κ3) is 3.42. The number of aliphatic hydroxyl groups is 2. The van der Waals surface area contributed by atoms with E-state index < -0.39 is 11.7 Å². The molecule has 0 aromatic carbocycles. The SMILES string of the molecule is CC(C)(O)C(O)C/C=N/O. The van der Waals surface area contributed by atoms with Crippen LogP contribution < -0.4 is 0 Å². The van der Waals surface area contributed by atoms with Gasteiger partial charge >= 0.3 is 0 Å². The molecule has 4 nitrogen and oxygen atoms in total. The average molecular weight is 147 g/mol. The van der Waals surface area contributed by atoms with E-state index >= 15 is 0 Å². The van der Waals surface area contributed by atoms with Crippen molar-refractivity contribution >= 4 is 6.21 Å². The van der Waals surface area contributed by atoms with Crippen molar-refractivity contribution < 1.29 is 15.4 Å². The Morgan fingerprint density at radius 1 is 1.60 bits per heavy atom. The fraction of sp³-hybridized carbons (Fsp3) is 0.833. The number of nitrogens with zero attached hydrogens (tertiary/aromatic N) is 1. The minimum atomic E-state index is -1.14. The van der Waals surface area contributed by atoms with Gasteiger partial charge in [0.1, 0.15) is 0 Å². The Bertz CT molecular complexity index is 117. The summed E-state index contributed by atoms with van der Waals surface area (Å²) in [6, 6.07) is 0. The fourth-order valence-electron chi connectivity index (χ4n) is 0.435. The average Bonchev–Trinajstić information content (AvgIpc) is 1.80. The zero-order valence-corrected chi connectivity index (χ0v) is 6.15. The van der Waals surface area contributed by atoms with Crippen LogP contribution in [-0.4, -0.2) is 33.3 Å². The van der Waals surface area contributed by atoms with Crippen molar-refractivity contribution in [2.24, 2.45) is 5.16 Å². The quantitative estimate of drug-likeness (QED) is 0.298. The van der Waals surface area contributed by atoms with Crippen LogP contribution in [0.25, 0.3) is 0 Å². The molecule has 0 radical (unpaired) electrons. The highest BCUT2D eigenvalue weighted by atomic mass is 16.4. The number of hydrogen-bond acceptors (Lipinski definition) is 4. The highest BCUT2D eigenvalue weighted by molar-refractivity contribution is 5.57. The Balaban J connectivity index is 3.73. The smallest absolute Gasteiger partial charge is 0.0872 e. The Kier molecular flexibility index (Phi) is 3.32. The number of oxime groups is 1. The Hall–Kier alpha value is -0.610. The van der Waals surface area contributed by atoms with Crippen molar-refractivity contribution in [1.82, 2.24) is 0 Å². The standard InChI is InChI=1S/C6H13NO3/c1-6(2,9)5(8)3-4-7-10/h4-5,8-10H,3H2,1-2H3/b7-4+. The summed E-state index contributed by atoms with van der Waals surface area (Å²) in [5.74, 6) is 0. The molecule has 1 unspecified atom stereocenters. The van der Waals surface area contributed by atoms with Gasteiger partial charge in [-0.3, -0.25) is 0 Å². The molecule has 0 aliphatic heterocycles. The lowest BCUT2D eigenvalue weighted by molar-refractivity contribution is -0.0432. The van der Waals surface area contributed by atoms with Gasteiger partial charge in [0.15, 0.2) is 0 Å². The second-order valence-corrected chi connectivity index (χ2v) is 2.70. The highest BCUT2D eigenvalue weighted by Crippen LogP contribution is 2.09. The van der Waals surface area contributed by atoms with E-state index in [9.17, 15) is 0 Å². The fourth-order valence-corrected chi connectivity index (χ4v) is 0.435. The second-order valence-electron chi connectivity index (χ2n) is 2.70. The molecule has 4 heteroatoms. The largest absolute Gasteiger partial charge is 0.411 e. The first-order valence-corrected chi connectivity index (χ1v) is 3.05. The normalized spacial score (nSPS) is 16.0. The molecule has 0 aliphatic rings. The monoisotopic (exact) mass is 147 g/mol. The molecule has 1 atom stereocenters. The van der Waals surface area contributed by atoms with Gasteiger partial charge in [0.25, 0.3) is 0 Å². The first kappa shape index (κ1) is 9.39. The summed E-state index contributed by atoms with van der Waals surface area (Å²) in [5, 5.41) is 28.8. The molecule has 0 spiro atoms. The van der Waals surface area contributed by atoms with E-state index in [4.69, 9.17) is 15.4 Å². The maximum Gasteiger partial charge on any atom is 0.0872 e. The summed E-state index contributed by atoms with van der Waals surface area (Å²) in [6.45, 7) is 2.98. The Morgan fingerprint density at radius 2 is 2.10 bits per heavy atom. The Morgan fingerprint density at radius 3 is 2.40 bits per heavy atom. The molecule has 0 aliphatic carbocycles. The van der Waals surface area contributed by atoms with Crippen LogP contribution in [0.4, 0.5) is 0 Å². The molecule has 0 bridgehead atoms. The van der Waals surface area contributed by atoms with Gasteiger partial charge in [-0.1, -0.05) is 0 Å². The van der Waals surface area contributed by atoms with Crippen LogP contribution in [-0.2, 0) is 0 Å². The minimum absolute atomic E-state index is 0.153. The van der Waals surface area contributed by atoms with Gasteiger partial charge in [0, 0.05) is 12.6 Å². The minimum Gasteiger partial charge on any atom is -0.411 e. The third-order valence-corrected chi connectivity index (χ3v) is 1.23. The van der Waals surface area contributed by atoms with Gasteiger partial charge < -0.3 is 15.4 Å². The van der Waals surface area contributed by atoms with Crippen LogP contribution in [0, 0.1) is 0 Å². The summed E-state index contributed by atoms with van der Waals surface area (Å²) in [7, 11) is 0. The second kappa shape index (κ2) is 3.53. The van der Waals surface area contributed by atoms with Crippen LogP contribution in [0.2, 0.25) is 0 Å². The molecule has 0 aromatic rings. The summed E-state index contributed by atoms with van der Waals surface area (Å²) in [4.78, 5) is 0. The lowest BCUT2D eigenvalue weighted by Crippen LogP contribution is -2.35. The van der Waals surface area contributed by atoms with Crippen molar-refractivity contribution in [2.75, 3.05) is 0 Å². The molecule has 0 rings (SSSR count).